The van der Waals surface area contributed by atoms with Gasteiger partial charge >= 0.3 is 5.97 Å². The Bertz CT molecular complexity index is 713. The number of ether oxygens (including phenoxy) is 1. The van der Waals surface area contributed by atoms with E-state index in [1.807, 2.05) is 19.1 Å². The first kappa shape index (κ1) is 15.8. The minimum Gasteiger partial charge on any atom is -0.496 e. The van der Waals surface area contributed by atoms with E-state index >= 15 is 0 Å². The molecule has 1 heterocycles. The van der Waals surface area contributed by atoms with Gasteiger partial charge in [0.1, 0.15) is 5.75 Å². The van der Waals surface area contributed by atoms with Crippen LogP contribution < -0.4 is 4.74 Å². The minimum absolute atomic E-state index is 0.0393. The first-order valence-electron chi connectivity index (χ1n) is 8.12. The molecule has 4 nitrogen and oxygen atoms in total. The average molecular weight is 313 g/mol. The summed E-state index contributed by atoms with van der Waals surface area (Å²) in [6.07, 6.45) is 1.69. The summed E-state index contributed by atoms with van der Waals surface area (Å²) in [4.78, 5) is 13.7. The summed E-state index contributed by atoms with van der Waals surface area (Å²) >= 11 is 0. The zero-order valence-electron chi connectivity index (χ0n) is 13.7. The second kappa shape index (κ2) is 6.59. The molecule has 0 unspecified atom stereocenters. The summed E-state index contributed by atoms with van der Waals surface area (Å²) in [7, 11) is 1.69. The third-order valence-corrected chi connectivity index (χ3v) is 4.96. The van der Waals surface area contributed by atoms with Crippen molar-refractivity contribution in [1.29, 1.82) is 0 Å². The number of aliphatic carboxylic acids is 1. The van der Waals surface area contributed by atoms with Crippen LogP contribution in [0.1, 0.15) is 25.3 Å². The number of rotatable bonds is 4. The van der Waals surface area contributed by atoms with E-state index in [-0.39, 0.29) is 12.0 Å². The molecular formula is C19H23NO3. The van der Waals surface area contributed by atoms with E-state index in [9.17, 15) is 9.90 Å². The molecule has 3 rings (SSSR count). The molecule has 0 radical (unpaired) electrons. The van der Waals surface area contributed by atoms with Crippen molar-refractivity contribution in [1.82, 2.24) is 4.90 Å². The van der Waals surface area contributed by atoms with Gasteiger partial charge < -0.3 is 9.84 Å². The molecule has 0 aliphatic carbocycles. The van der Waals surface area contributed by atoms with Crippen LogP contribution in [0.5, 0.6) is 5.75 Å². The van der Waals surface area contributed by atoms with Gasteiger partial charge in [-0.2, -0.15) is 0 Å². The number of likely N-dealkylation sites (tertiary alicyclic amines) is 1. The lowest BCUT2D eigenvalue weighted by Crippen LogP contribution is -2.45. The Morgan fingerprint density at radius 1 is 1.30 bits per heavy atom. The molecule has 0 aromatic heterocycles. The van der Waals surface area contributed by atoms with E-state index in [2.05, 4.69) is 29.2 Å². The Morgan fingerprint density at radius 3 is 2.65 bits per heavy atom. The van der Waals surface area contributed by atoms with Gasteiger partial charge in [0.2, 0.25) is 0 Å². The molecule has 1 saturated heterocycles. The number of benzene rings is 2. The van der Waals surface area contributed by atoms with Gasteiger partial charge in [0, 0.05) is 18.2 Å². The molecule has 23 heavy (non-hydrogen) atoms. The maximum Gasteiger partial charge on any atom is 0.308 e. The van der Waals surface area contributed by atoms with Gasteiger partial charge in [-0.05, 0) is 49.2 Å². The summed E-state index contributed by atoms with van der Waals surface area (Å²) < 4.78 is 5.56. The van der Waals surface area contributed by atoms with E-state index in [0.717, 1.165) is 42.6 Å². The molecule has 2 atom stereocenters. The smallest absolute Gasteiger partial charge is 0.308 e. The molecule has 2 aromatic rings. The lowest BCUT2D eigenvalue weighted by atomic mass is 9.90. The average Bonchev–Trinajstić information content (AvgIpc) is 2.55. The predicted octanol–water partition coefficient (Wildman–Crippen LogP) is 3.53. The first-order valence-corrected chi connectivity index (χ1v) is 8.12. The van der Waals surface area contributed by atoms with Crippen LogP contribution >= 0.6 is 0 Å². The van der Waals surface area contributed by atoms with Crippen LogP contribution in [0.15, 0.2) is 36.4 Å². The largest absolute Gasteiger partial charge is 0.496 e. The highest BCUT2D eigenvalue weighted by molar-refractivity contribution is 5.85. The summed E-state index contributed by atoms with van der Waals surface area (Å²) in [5.74, 6) is -0.101. The molecule has 0 bridgehead atoms. The third-order valence-electron chi connectivity index (χ3n) is 4.96. The number of nitrogens with zero attached hydrogens (tertiary/aromatic N) is 1. The lowest BCUT2D eigenvalue weighted by molar-refractivity contribution is -0.145. The van der Waals surface area contributed by atoms with Gasteiger partial charge in [0.05, 0.1) is 13.0 Å². The molecule has 1 aliphatic rings. The van der Waals surface area contributed by atoms with Crippen molar-refractivity contribution in [3.8, 4) is 5.75 Å². The normalized spacial score (nSPS) is 22.2. The number of piperidine rings is 1. The Balaban J connectivity index is 1.89. The summed E-state index contributed by atoms with van der Waals surface area (Å²) in [6.45, 7) is 3.67. The molecule has 0 saturated carbocycles. The number of carbonyl (C=O) groups is 1. The number of fused-ring (bicyclic) bond motifs is 1. The van der Waals surface area contributed by atoms with Crippen LogP contribution in [-0.2, 0) is 11.3 Å². The van der Waals surface area contributed by atoms with Crippen molar-refractivity contribution in [3.63, 3.8) is 0 Å². The fraction of sp³-hybridized carbons (Fsp3) is 0.421. The monoisotopic (exact) mass is 313 g/mol. The maximum absolute atomic E-state index is 11.4. The molecular weight excluding hydrogens is 290 g/mol. The maximum atomic E-state index is 11.4. The van der Waals surface area contributed by atoms with Gasteiger partial charge in [-0.1, -0.05) is 24.3 Å². The highest BCUT2D eigenvalue weighted by Gasteiger charge is 2.33. The Hall–Kier alpha value is -2.07. The number of carboxylic acids is 1. The van der Waals surface area contributed by atoms with E-state index in [0.29, 0.717) is 0 Å². The Kier molecular flexibility index (Phi) is 4.53. The van der Waals surface area contributed by atoms with Crippen LogP contribution in [0.3, 0.4) is 0 Å². The van der Waals surface area contributed by atoms with E-state index in [4.69, 9.17) is 4.74 Å². The predicted molar refractivity (Wildman–Crippen MR) is 90.7 cm³/mol. The zero-order valence-corrected chi connectivity index (χ0v) is 13.7. The second-order valence-electron chi connectivity index (χ2n) is 6.31. The molecule has 2 aromatic carbocycles. The van der Waals surface area contributed by atoms with Gasteiger partial charge in [0.25, 0.3) is 0 Å². The van der Waals surface area contributed by atoms with Crippen LogP contribution in [0.4, 0.5) is 0 Å². The molecule has 1 aliphatic heterocycles. The fourth-order valence-corrected chi connectivity index (χ4v) is 3.57. The number of hydrogen-bond acceptors (Lipinski definition) is 3. The minimum atomic E-state index is -0.687. The molecule has 1 N–H and O–H groups in total. The highest BCUT2D eigenvalue weighted by atomic mass is 16.5. The Morgan fingerprint density at radius 2 is 2.00 bits per heavy atom. The zero-order chi connectivity index (χ0) is 16.4. The standard InChI is InChI=1S/C19H23NO3/c1-13-17(19(21)22)8-5-9-20(13)12-16-10-14-6-3-4-7-15(14)11-18(16)23-2/h3-4,6-7,10-11,13,17H,5,8-9,12H2,1-2H3,(H,21,22)/t13-,17-/m0/s1. The number of carboxylic acid groups (broad SMARTS) is 1. The SMILES string of the molecule is COc1cc2ccccc2cc1CN1CCC[C@H](C(=O)O)[C@@H]1C. The molecule has 0 spiro atoms. The molecule has 4 heteroatoms. The molecule has 1 fully saturated rings. The second-order valence-corrected chi connectivity index (χ2v) is 6.31. The topological polar surface area (TPSA) is 49.8 Å². The van der Waals surface area contributed by atoms with E-state index in [1.54, 1.807) is 7.11 Å². The van der Waals surface area contributed by atoms with E-state index in [1.165, 1.54) is 5.39 Å². The Labute approximate surface area is 136 Å². The lowest BCUT2D eigenvalue weighted by Gasteiger charge is -2.37. The highest BCUT2D eigenvalue weighted by Crippen LogP contribution is 2.30. The van der Waals surface area contributed by atoms with Gasteiger partial charge in [-0.25, -0.2) is 0 Å². The van der Waals surface area contributed by atoms with Crippen molar-refractivity contribution < 1.29 is 14.6 Å². The van der Waals surface area contributed by atoms with Crippen molar-refractivity contribution >= 4 is 16.7 Å². The quantitative estimate of drug-likeness (QED) is 0.938. The molecule has 122 valence electrons. The van der Waals surface area contributed by atoms with Gasteiger partial charge in [0.15, 0.2) is 0 Å². The van der Waals surface area contributed by atoms with Crippen molar-refractivity contribution in [2.45, 2.75) is 32.4 Å². The number of hydrogen-bond donors (Lipinski definition) is 1. The van der Waals surface area contributed by atoms with Crippen molar-refractivity contribution in [3.05, 3.63) is 42.0 Å². The first-order chi connectivity index (χ1) is 11.1. The summed E-state index contributed by atoms with van der Waals surface area (Å²) in [5.41, 5.74) is 1.11. The van der Waals surface area contributed by atoms with Crippen LogP contribution in [0, 0.1) is 5.92 Å². The van der Waals surface area contributed by atoms with Crippen LogP contribution in [-0.4, -0.2) is 35.7 Å². The van der Waals surface area contributed by atoms with Crippen molar-refractivity contribution in [2.24, 2.45) is 5.92 Å². The van der Waals surface area contributed by atoms with Crippen LogP contribution in [0.25, 0.3) is 10.8 Å². The van der Waals surface area contributed by atoms with E-state index < -0.39 is 5.97 Å². The fourth-order valence-electron chi connectivity index (χ4n) is 3.57. The van der Waals surface area contributed by atoms with Crippen molar-refractivity contribution in [2.75, 3.05) is 13.7 Å². The third kappa shape index (κ3) is 3.17. The summed E-state index contributed by atoms with van der Waals surface area (Å²) in [6, 6.07) is 12.5. The summed E-state index contributed by atoms with van der Waals surface area (Å²) in [5, 5.41) is 11.7. The van der Waals surface area contributed by atoms with Gasteiger partial charge in [-0.15, -0.1) is 0 Å². The van der Waals surface area contributed by atoms with Gasteiger partial charge in [-0.3, -0.25) is 9.69 Å². The number of methoxy groups -OCH3 is 1. The van der Waals surface area contributed by atoms with Crippen LogP contribution in [0.2, 0.25) is 0 Å². The molecule has 0 amide bonds.